The standard InChI is InChI=1S/C24H22N2O5/c1-17(24(28)29)31-22-11-7-18(8-12-22)15-25-26-23(27)16-30-21-13-9-20(10-14-21)19-5-3-2-4-6-19/h2-15,17H,16H2,1H3,(H,26,27)(H,28,29)/b25-15+/t17-/m1/s1. The molecular formula is C24H22N2O5. The molecule has 1 amide bonds. The first kappa shape index (κ1) is 21.6. The maximum absolute atomic E-state index is 11.9. The smallest absolute Gasteiger partial charge is 0.344 e. The molecule has 7 heteroatoms. The zero-order valence-electron chi connectivity index (χ0n) is 16.9. The third-order valence-corrected chi connectivity index (χ3v) is 4.27. The molecule has 0 saturated carbocycles. The van der Waals surface area contributed by atoms with E-state index in [0.29, 0.717) is 17.1 Å². The first-order valence-corrected chi connectivity index (χ1v) is 9.61. The van der Waals surface area contributed by atoms with Gasteiger partial charge in [0, 0.05) is 0 Å². The number of rotatable bonds is 9. The summed E-state index contributed by atoms with van der Waals surface area (Å²) in [5.74, 6) is -0.408. The molecular weight excluding hydrogens is 396 g/mol. The number of ether oxygens (including phenoxy) is 2. The normalized spacial score (nSPS) is 11.6. The molecule has 0 radical (unpaired) electrons. The lowest BCUT2D eigenvalue weighted by atomic mass is 10.1. The summed E-state index contributed by atoms with van der Waals surface area (Å²) in [5.41, 5.74) is 5.29. The summed E-state index contributed by atoms with van der Waals surface area (Å²) in [6.07, 6.45) is 0.532. The Hall–Kier alpha value is -4.13. The van der Waals surface area contributed by atoms with Crippen LogP contribution in [0.25, 0.3) is 11.1 Å². The molecule has 2 N–H and O–H groups in total. The number of carbonyl (C=O) groups is 2. The molecule has 31 heavy (non-hydrogen) atoms. The summed E-state index contributed by atoms with van der Waals surface area (Å²) in [7, 11) is 0. The average molecular weight is 418 g/mol. The van der Waals surface area contributed by atoms with E-state index in [-0.39, 0.29) is 6.61 Å². The molecule has 7 nitrogen and oxygen atoms in total. The zero-order chi connectivity index (χ0) is 22.1. The van der Waals surface area contributed by atoms with Gasteiger partial charge >= 0.3 is 5.97 Å². The van der Waals surface area contributed by atoms with E-state index in [2.05, 4.69) is 10.5 Å². The Labute approximate surface area is 179 Å². The summed E-state index contributed by atoms with van der Waals surface area (Å²) in [6.45, 7) is 1.29. The Balaban J connectivity index is 1.43. The van der Waals surface area contributed by atoms with Gasteiger partial charge in [0.15, 0.2) is 12.7 Å². The van der Waals surface area contributed by atoms with Gasteiger partial charge < -0.3 is 14.6 Å². The summed E-state index contributed by atoms with van der Waals surface area (Å²) in [5, 5.41) is 12.7. The van der Waals surface area contributed by atoms with Crippen molar-refractivity contribution in [2.24, 2.45) is 5.10 Å². The van der Waals surface area contributed by atoms with Crippen LogP contribution >= 0.6 is 0 Å². The number of nitrogens with one attached hydrogen (secondary N) is 1. The van der Waals surface area contributed by atoms with Crippen molar-refractivity contribution < 1.29 is 24.2 Å². The molecule has 1 atom stereocenters. The monoisotopic (exact) mass is 418 g/mol. The fraction of sp³-hybridized carbons (Fsp3) is 0.125. The van der Waals surface area contributed by atoms with E-state index in [1.165, 1.54) is 13.1 Å². The Kier molecular flexibility index (Phi) is 7.37. The Morgan fingerprint density at radius 2 is 1.55 bits per heavy atom. The van der Waals surface area contributed by atoms with Gasteiger partial charge in [0.1, 0.15) is 11.5 Å². The molecule has 3 aromatic rings. The molecule has 0 bridgehead atoms. The average Bonchev–Trinajstić information content (AvgIpc) is 2.79. The van der Waals surface area contributed by atoms with Gasteiger partial charge in [-0.1, -0.05) is 42.5 Å². The van der Waals surface area contributed by atoms with Gasteiger partial charge in [-0.3, -0.25) is 4.79 Å². The maximum atomic E-state index is 11.9. The lowest BCUT2D eigenvalue weighted by Gasteiger charge is -2.09. The number of amides is 1. The fourth-order valence-corrected chi connectivity index (χ4v) is 2.62. The van der Waals surface area contributed by atoms with E-state index in [0.717, 1.165) is 11.1 Å². The first-order valence-electron chi connectivity index (χ1n) is 9.61. The van der Waals surface area contributed by atoms with Crippen molar-refractivity contribution in [2.75, 3.05) is 6.61 Å². The second-order valence-corrected chi connectivity index (χ2v) is 6.64. The lowest BCUT2D eigenvalue weighted by Crippen LogP contribution is -2.24. The topological polar surface area (TPSA) is 97.2 Å². The number of nitrogens with zero attached hydrogens (tertiary/aromatic N) is 1. The van der Waals surface area contributed by atoms with E-state index in [9.17, 15) is 9.59 Å². The first-order chi connectivity index (χ1) is 15.0. The third kappa shape index (κ3) is 6.71. The molecule has 0 aliphatic rings. The molecule has 0 aromatic heterocycles. The number of benzene rings is 3. The second-order valence-electron chi connectivity index (χ2n) is 6.64. The number of carbonyl (C=O) groups excluding carboxylic acids is 1. The predicted octanol–water partition coefficient (Wildman–Crippen LogP) is 3.73. The molecule has 0 saturated heterocycles. The van der Waals surface area contributed by atoms with Gasteiger partial charge in [0.05, 0.1) is 6.21 Å². The molecule has 0 fully saturated rings. The van der Waals surface area contributed by atoms with Crippen LogP contribution < -0.4 is 14.9 Å². The van der Waals surface area contributed by atoms with Crippen molar-refractivity contribution in [1.29, 1.82) is 0 Å². The molecule has 3 rings (SSSR count). The molecule has 0 aliphatic carbocycles. The van der Waals surface area contributed by atoms with Gasteiger partial charge in [0.2, 0.25) is 0 Å². The number of hydrogen-bond acceptors (Lipinski definition) is 5. The van der Waals surface area contributed by atoms with Crippen LogP contribution in [0.2, 0.25) is 0 Å². The minimum atomic E-state index is -1.04. The van der Waals surface area contributed by atoms with Crippen molar-refractivity contribution in [3.05, 3.63) is 84.4 Å². The van der Waals surface area contributed by atoms with Crippen molar-refractivity contribution in [1.82, 2.24) is 5.43 Å². The minimum Gasteiger partial charge on any atom is -0.484 e. The molecule has 158 valence electrons. The van der Waals surface area contributed by atoms with E-state index < -0.39 is 18.0 Å². The van der Waals surface area contributed by atoms with E-state index >= 15 is 0 Å². The third-order valence-electron chi connectivity index (χ3n) is 4.27. The van der Waals surface area contributed by atoms with E-state index in [4.69, 9.17) is 14.6 Å². The highest BCUT2D eigenvalue weighted by atomic mass is 16.5. The van der Waals surface area contributed by atoms with E-state index in [1.807, 2.05) is 54.6 Å². The Morgan fingerprint density at radius 1 is 0.935 bits per heavy atom. The predicted molar refractivity (Wildman–Crippen MR) is 117 cm³/mol. The fourth-order valence-electron chi connectivity index (χ4n) is 2.62. The number of carboxylic acid groups (broad SMARTS) is 1. The minimum absolute atomic E-state index is 0.165. The quantitative estimate of drug-likeness (QED) is 0.408. The van der Waals surface area contributed by atoms with Gasteiger partial charge in [-0.05, 0) is 60.0 Å². The van der Waals surface area contributed by atoms with Crippen LogP contribution in [0.4, 0.5) is 0 Å². The Morgan fingerprint density at radius 3 is 2.19 bits per heavy atom. The van der Waals surface area contributed by atoms with Crippen LogP contribution in [-0.2, 0) is 9.59 Å². The highest BCUT2D eigenvalue weighted by Crippen LogP contribution is 2.22. The van der Waals surface area contributed by atoms with Crippen molar-refractivity contribution in [3.63, 3.8) is 0 Å². The number of hydrazone groups is 1. The van der Waals surface area contributed by atoms with Crippen LogP contribution in [0.15, 0.2) is 84.0 Å². The Bertz CT molecular complexity index is 1030. The SMILES string of the molecule is C[C@@H](Oc1ccc(/C=N/NC(=O)COc2ccc(-c3ccccc3)cc2)cc1)C(=O)O. The molecule has 0 heterocycles. The van der Waals surface area contributed by atoms with Crippen molar-refractivity contribution in [3.8, 4) is 22.6 Å². The number of hydrogen-bond donors (Lipinski definition) is 2. The molecule has 0 aliphatic heterocycles. The molecule has 3 aromatic carbocycles. The van der Waals surface area contributed by atoms with Crippen LogP contribution in [0, 0.1) is 0 Å². The number of aliphatic carboxylic acids is 1. The number of carboxylic acids is 1. The highest BCUT2D eigenvalue weighted by Gasteiger charge is 2.11. The van der Waals surface area contributed by atoms with Crippen molar-refractivity contribution in [2.45, 2.75) is 13.0 Å². The molecule has 0 spiro atoms. The summed E-state index contributed by atoms with van der Waals surface area (Å²) in [4.78, 5) is 22.7. The van der Waals surface area contributed by atoms with Gasteiger partial charge in [-0.25, -0.2) is 10.2 Å². The van der Waals surface area contributed by atoms with Crippen LogP contribution in [-0.4, -0.2) is 35.9 Å². The summed E-state index contributed by atoms with van der Waals surface area (Å²) >= 11 is 0. The van der Waals surface area contributed by atoms with Crippen LogP contribution in [0.1, 0.15) is 12.5 Å². The van der Waals surface area contributed by atoms with Gasteiger partial charge in [-0.2, -0.15) is 5.10 Å². The van der Waals surface area contributed by atoms with Crippen LogP contribution in [0.3, 0.4) is 0 Å². The second kappa shape index (κ2) is 10.6. The largest absolute Gasteiger partial charge is 0.484 e. The summed E-state index contributed by atoms with van der Waals surface area (Å²) < 4.78 is 10.7. The van der Waals surface area contributed by atoms with Crippen molar-refractivity contribution >= 4 is 18.1 Å². The zero-order valence-corrected chi connectivity index (χ0v) is 16.9. The highest BCUT2D eigenvalue weighted by molar-refractivity contribution is 5.83. The van der Waals surface area contributed by atoms with E-state index in [1.54, 1.807) is 24.3 Å². The molecule has 0 unspecified atom stereocenters. The van der Waals surface area contributed by atoms with Crippen LogP contribution in [0.5, 0.6) is 11.5 Å². The van der Waals surface area contributed by atoms with Gasteiger partial charge in [-0.15, -0.1) is 0 Å². The summed E-state index contributed by atoms with van der Waals surface area (Å²) in [6, 6.07) is 24.1. The lowest BCUT2D eigenvalue weighted by molar-refractivity contribution is -0.144. The maximum Gasteiger partial charge on any atom is 0.344 e. The van der Waals surface area contributed by atoms with Gasteiger partial charge in [0.25, 0.3) is 5.91 Å².